The molecule has 1 aliphatic carbocycles. The van der Waals surface area contributed by atoms with Crippen LogP contribution in [0.4, 0.5) is 0 Å². The summed E-state index contributed by atoms with van der Waals surface area (Å²) in [5.74, 6) is -0.498. The summed E-state index contributed by atoms with van der Waals surface area (Å²) in [6.45, 7) is 1.24. The normalized spacial score (nSPS) is 15.8. The summed E-state index contributed by atoms with van der Waals surface area (Å²) in [6.07, 6.45) is 2.73. The van der Waals surface area contributed by atoms with Crippen LogP contribution in [-0.2, 0) is 14.6 Å². The number of pyridine rings is 1. The topological polar surface area (TPSA) is 73.3 Å². The van der Waals surface area contributed by atoms with Gasteiger partial charge in [-0.2, -0.15) is 0 Å². The minimum absolute atomic E-state index is 0.0224. The molecule has 0 N–H and O–H groups in total. The molecule has 2 rings (SSSR count). The van der Waals surface area contributed by atoms with Gasteiger partial charge in [0, 0.05) is 19.2 Å². The monoisotopic (exact) mass is 241 g/mol. The summed E-state index contributed by atoms with van der Waals surface area (Å²) in [6, 6.07) is 2.70. The fourth-order valence-electron chi connectivity index (χ4n) is 1.34. The molecule has 1 aliphatic rings. The second-order valence-corrected chi connectivity index (χ2v) is 5.90. The van der Waals surface area contributed by atoms with Gasteiger partial charge >= 0.3 is 5.97 Å². The molecule has 1 heterocycles. The van der Waals surface area contributed by atoms with Crippen LogP contribution in [0.2, 0.25) is 0 Å². The third-order valence-electron chi connectivity index (χ3n) is 2.25. The Kier molecular flexibility index (Phi) is 2.67. The Hall–Kier alpha value is -1.43. The van der Waals surface area contributed by atoms with E-state index in [0.717, 1.165) is 0 Å². The number of nitrogens with zero attached hydrogens (tertiary/aromatic N) is 1. The fourth-order valence-corrected chi connectivity index (χ4v) is 3.00. The standard InChI is InChI=1S/C10H11NO4S/c1-7(12)15-10-6-9(4-5-11-10)16(13,14)8-2-3-8/h4-6,8H,2-3H2,1H3. The van der Waals surface area contributed by atoms with E-state index in [4.69, 9.17) is 4.74 Å². The Labute approximate surface area is 93.4 Å². The molecule has 16 heavy (non-hydrogen) atoms. The summed E-state index contributed by atoms with van der Waals surface area (Å²) in [5.41, 5.74) is 0. The number of ether oxygens (including phenoxy) is 1. The highest BCUT2D eigenvalue weighted by atomic mass is 32.2. The molecule has 0 amide bonds. The van der Waals surface area contributed by atoms with Crippen molar-refractivity contribution in [2.24, 2.45) is 0 Å². The van der Waals surface area contributed by atoms with E-state index < -0.39 is 15.8 Å². The average molecular weight is 241 g/mol. The zero-order valence-corrected chi connectivity index (χ0v) is 9.53. The van der Waals surface area contributed by atoms with Crippen molar-refractivity contribution in [3.8, 4) is 5.88 Å². The number of carbonyl (C=O) groups excluding carboxylic acids is 1. The lowest BCUT2D eigenvalue weighted by molar-refractivity contribution is -0.132. The zero-order chi connectivity index (χ0) is 11.8. The predicted molar refractivity (Wildman–Crippen MR) is 55.8 cm³/mol. The van der Waals surface area contributed by atoms with Gasteiger partial charge < -0.3 is 4.74 Å². The number of hydrogen-bond donors (Lipinski definition) is 0. The van der Waals surface area contributed by atoms with Gasteiger partial charge in [0.05, 0.1) is 10.1 Å². The molecule has 0 aliphatic heterocycles. The lowest BCUT2D eigenvalue weighted by Crippen LogP contribution is -2.09. The number of esters is 1. The summed E-state index contributed by atoms with van der Waals surface area (Å²) in [4.78, 5) is 14.6. The largest absolute Gasteiger partial charge is 0.408 e. The van der Waals surface area contributed by atoms with E-state index in [9.17, 15) is 13.2 Å². The van der Waals surface area contributed by atoms with Gasteiger partial charge in [0.1, 0.15) is 0 Å². The predicted octanol–water partition coefficient (Wildman–Crippen LogP) is 0.943. The van der Waals surface area contributed by atoms with Crippen molar-refractivity contribution < 1.29 is 17.9 Å². The Morgan fingerprint density at radius 3 is 2.75 bits per heavy atom. The molecule has 0 saturated heterocycles. The van der Waals surface area contributed by atoms with Crippen molar-refractivity contribution in [3.05, 3.63) is 18.3 Å². The van der Waals surface area contributed by atoms with Crippen molar-refractivity contribution in [2.45, 2.75) is 29.9 Å². The van der Waals surface area contributed by atoms with Crippen molar-refractivity contribution in [2.75, 3.05) is 0 Å². The zero-order valence-electron chi connectivity index (χ0n) is 8.71. The van der Waals surface area contributed by atoms with E-state index in [1.54, 1.807) is 0 Å². The minimum Gasteiger partial charge on any atom is -0.408 e. The number of carbonyl (C=O) groups is 1. The summed E-state index contributed by atoms with van der Waals surface area (Å²) >= 11 is 0. The molecule has 86 valence electrons. The van der Waals surface area contributed by atoms with Gasteiger partial charge in [-0.05, 0) is 18.9 Å². The minimum atomic E-state index is -3.26. The van der Waals surface area contributed by atoms with Crippen LogP contribution in [0.5, 0.6) is 5.88 Å². The number of sulfone groups is 1. The lowest BCUT2D eigenvalue weighted by atomic mass is 10.5. The van der Waals surface area contributed by atoms with Crippen LogP contribution in [0.1, 0.15) is 19.8 Å². The number of hydrogen-bond acceptors (Lipinski definition) is 5. The first-order valence-corrected chi connectivity index (χ1v) is 6.43. The highest BCUT2D eigenvalue weighted by molar-refractivity contribution is 7.92. The third kappa shape index (κ3) is 2.21. The van der Waals surface area contributed by atoms with Crippen LogP contribution in [-0.4, -0.2) is 24.6 Å². The van der Waals surface area contributed by atoms with Gasteiger partial charge in [0.15, 0.2) is 9.84 Å². The van der Waals surface area contributed by atoms with Gasteiger partial charge in [0.2, 0.25) is 5.88 Å². The van der Waals surface area contributed by atoms with Gasteiger partial charge in [-0.15, -0.1) is 0 Å². The molecule has 0 radical (unpaired) electrons. The first kappa shape index (κ1) is 11.1. The maximum absolute atomic E-state index is 11.9. The van der Waals surface area contributed by atoms with Gasteiger partial charge in [-0.1, -0.05) is 0 Å². The second-order valence-electron chi connectivity index (χ2n) is 3.67. The van der Waals surface area contributed by atoms with Gasteiger partial charge in [0.25, 0.3) is 0 Å². The summed E-state index contributed by atoms with van der Waals surface area (Å²) < 4.78 is 28.5. The average Bonchev–Trinajstić information content (AvgIpc) is 3.00. The molecule has 0 aromatic carbocycles. The maximum Gasteiger partial charge on any atom is 0.309 e. The first-order valence-electron chi connectivity index (χ1n) is 4.88. The third-order valence-corrected chi connectivity index (χ3v) is 4.51. The van der Waals surface area contributed by atoms with Crippen LogP contribution >= 0.6 is 0 Å². The van der Waals surface area contributed by atoms with Crippen molar-refractivity contribution >= 4 is 15.8 Å². The van der Waals surface area contributed by atoms with Crippen LogP contribution in [0.25, 0.3) is 0 Å². The van der Waals surface area contributed by atoms with Gasteiger partial charge in [-0.3, -0.25) is 4.79 Å². The van der Waals surface area contributed by atoms with E-state index in [1.807, 2.05) is 0 Å². The molecule has 6 heteroatoms. The number of rotatable bonds is 3. The Balaban J connectivity index is 2.32. The molecular weight excluding hydrogens is 230 g/mol. The molecule has 0 bridgehead atoms. The van der Waals surface area contributed by atoms with E-state index in [0.29, 0.717) is 12.8 Å². The maximum atomic E-state index is 11.9. The Morgan fingerprint density at radius 1 is 1.50 bits per heavy atom. The molecule has 5 nitrogen and oxygen atoms in total. The highest BCUT2D eigenvalue weighted by Crippen LogP contribution is 2.33. The Morgan fingerprint density at radius 2 is 2.19 bits per heavy atom. The van der Waals surface area contributed by atoms with Crippen LogP contribution < -0.4 is 4.74 Å². The first-order chi connectivity index (χ1) is 7.50. The molecule has 0 spiro atoms. The molecule has 1 aromatic heterocycles. The Bertz CT molecular complexity index is 519. The molecule has 1 saturated carbocycles. The lowest BCUT2D eigenvalue weighted by Gasteiger charge is -2.04. The van der Waals surface area contributed by atoms with Crippen molar-refractivity contribution in [1.29, 1.82) is 0 Å². The second kappa shape index (κ2) is 3.86. The van der Waals surface area contributed by atoms with E-state index in [1.165, 1.54) is 25.3 Å². The fraction of sp³-hybridized carbons (Fsp3) is 0.400. The molecule has 1 aromatic rings. The highest BCUT2D eigenvalue weighted by Gasteiger charge is 2.37. The molecule has 0 atom stereocenters. The van der Waals surface area contributed by atoms with Crippen LogP contribution in [0, 0.1) is 0 Å². The van der Waals surface area contributed by atoms with Crippen LogP contribution in [0.3, 0.4) is 0 Å². The van der Waals surface area contributed by atoms with E-state index in [2.05, 4.69) is 4.98 Å². The van der Waals surface area contributed by atoms with Crippen LogP contribution in [0.15, 0.2) is 23.2 Å². The molecule has 0 unspecified atom stereocenters. The molecule has 1 fully saturated rings. The number of aromatic nitrogens is 1. The van der Waals surface area contributed by atoms with Crippen molar-refractivity contribution in [3.63, 3.8) is 0 Å². The quantitative estimate of drug-likeness (QED) is 0.736. The van der Waals surface area contributed by atoms with E-state index >= 15 is 0 Å². The summed E-state index contributed by atoms with van der Waals surface area (Å²) in [7, 11) is -3.26. The summed E-state index contributed by atoms with van der Waals surface area (Å²) in [5, 5.41) is -0.278. The van der Waals surface area contributed by atoms with Gasteiger partial charge in [-0.25, -0.2) is 13.4 Å². The van der Waals surface area contributed by atoms with Crippen molar-refractivity contribution in [1.82, 2.24) is 4.98 Å². The SMILES string of the molecule is CC(=O)Oc1cc(S(=O)(=O)C2CC2)ccn1. The van der Waals surface area contributed by atoms with E-state index in [-0.39, 0.29) is 16.0 Å². The molecular formula is C10H11NO4S. The smallest absolute Gasteiger partial charge is 0.309 e.